The molecule has 2 atom stereocenters. The van der Waals surface area contributed by atoms with E-state index < -0.39 is 16.1 Å². The number of rotatable bonds is 5. The molecule has 34 heavy (non-hydrogen) atoms. The predicted molar refractivity (Wildman–Crippen MR) is 135 cm³/mol. The van der Waals surface area contributed by atoms with Crippen LogP contribution in [0.2, 0.25) is 0 Å². The van der Waals surface area contributed by atoms with E-state index in [0.717, 1.165) is 55.1 Å². The van der Waals surface area contributed by atoms with E-state index in [4.69, 9.17) is 0 Å². The molecule has 1 fully saturated rings. The minimum absolute atomic E-state index is 0.108. The van der Waals surface area contributed by atoms with Gasteiger partial charge in [-0.2, -0.15) is 0 Å². The summed E-state index contributed by atoms with van der Waals surface area (Å²) in [4.78, 5) is 17.4. The Hall–Kier alpha value is -3.01. The van der Waals surface area contributed by atoms with Gasteiger partial charge in [-0.05, 0) is 49.8 Å². The third kappa shape index (κ3) is 4.51. The van der Waals surface area contributed by atoms with Crippen LogP contribution in [0.1, 0.15) is 24.9 Å². The molecule has 2 aromatic heterocycles. The third-order valence-electron chi connectivity index (χ3n) is 6.61. The lowest BCUT2D eigenvalue weighted by Gasteiger charge is -2.27. The number of pyridine rings is 1. The molecule has 2 N–H and O–H groups in total. The van der Waals surface area contributed by atoms with Crippen LogP contribution in [0.15, 0.2) is 64.7 Å². The number of aromatic amines is 1. The number of nitrogens with zero attached hydrogens (tertiary/aromatic N) is 4. The van der Waals surface area contributed by atoms with Crippen LogP contribution in [0, 0.1) is 5.92 Å². The van der Waals surface area contributed by atoms with E-state index in [1.807, 2.05) is 25.4 Å². The summed E-state index contributed by atoms with van der Waals surface area (Å²) >= 11 is 0. The molecule has 3 aromatic rings. The summed E-state index contributed by atoms with van der Waals surface area (Å²) in [6.45, 7) is 5.96. The van der Waals surface area contributed by atoms with Gasteiger partial charge in [-0.1, -0.05) is 25.1 Å². The molecule has 1 aromatic carbocycles. The van der Waals surface area contributed by atoms with Gasteiger partial charge in [-0.3, -0.25) is 0 Å². The van der Waals surface area contributed by atoms with Crippen molar-refractivity contribution < 1.29 is 8.42 Å². The molecule has 8 nitrogen and oxygen atoms in total. The van der Waals surface area contributed by atoms with Crippen molar-refractivity contribution in [1.29, 1.82) is 0 Å². The first-order chi connectivity index (χ1) is 16.4. The minimum Gasteiger partial charge on any atom is -0.355 e. The van der Waals surface area contributed by atoms with E-state index >= 15 is 0 Å². The first-order valence-corrected chi connectivity index (χ1v) is 13.1. The molecular weight excluding hydrogens is 448 g/mol. The summed E-state index contributed by atoms with van der Waals surface area (Å²) in [7, 11) is -1.55. The number of nitrogens with one attached hydrogen (secondary N) is 2. The molecule has 5 rings (SSSR count). The topological polar surface area (TPSA) is 93.7 Å². The second-order valence-corrected chi connectivity index (χ2v) is 10.8. The second-order valence-electron chi connectivity index (χ2n) is 9.06. The maximum Gasteiger partial charge on any atom is 0.241 e. The number of benzene rings is 1. The first kappa shape index (κ1) is 22.8. The highest BCUT2D eigenvalue weighted by atomic mass is 32.2. The van der Waals surface area contributed by atoms with Crippen molar-refractivity contribution in [2.24, 2.45) is 10.9 Å². The van der Waals surface area contributed by atoms with E-state index in [1.54, 1.807) is 36.5 Å². The molecule has 0 bridgehead atoms. The van der Waals surface area contributed by atoms with Gasteiger partial charge in [0.05, 0.1) is 10.9 Å². The Balaban J connectivity index is 1.49. The van der Waals surface area contributed by atoms with Crippen LogP contribution in [0.4, 0.5) is 11.6 Å². The average molecular weight is 479 g/mol. The summed E-state index contributed by atoms with van der Waals surface area (Å²) in [6, 6.07) is 12.1. The normalized spacial score (nSPS) is 21.3. The highest BCUT2D eigenvalue weighted by Gasteiger charge is 2.33. The Morgan fingerprint density at radius 2 is 1.91 bits per heavy atom. The van der Waals surface area contributed by atoms with E-state index in [-0.39, 0.29) is 10.8 Å². The van der Waals surface area contributed by atoms with Crippen LogP contribution in [-0.2, 0) is 10.0 Å². The standard InChI is InChI=1S/C25H30N6O2S/c1-18-16-27-25-23(24(18)29-34(32,33)20-7-4-3-5-8-20)21(17-28-25)19-9-10-26-22(15-19)31-12-6-11-30(2)13-14-31/h3-5,7-10,15-18,24,28-29H,6,11-14H2,1-2H3. The molecule has 0 spiro atoms. The van der Waals surface area contributed by atoms with Crippen molar-refractivity contribution >= 4 is 27.9 Å². The smallest absolute Gasteiger partial charge is 0.241 e. The lowest BCUT2D eigenvalue weighted by atomic mass is 9.90. The van der Waals surface area contributed by atoms with Crippen molar-refractivity contribution in [2.45, 2.75) is 24.3 Å². The molecule has 0 radical (unpaired) electrons. The average Bonchev–Trinajstić information content (AvgIpc) is 3.16. The number of anilines is 1. The first-order valence-electron chi connectivity index (χ1n) is 11.6. The van der Waals surface area contributed by atoms with Crippen LogP contribution in [0.3, 0.4) is 0 Å². The van der Waals surface area contributed by atoms with Gasteiger partial charge in [0, 0.05) is 55.3 Å². The summed E-state index contributed by atoms with van der Waals surface area (Å²) in [5.74, 6) is 1.52. The van der Waals surface area contributed by atoms with Gasteiger partial charge < -0.3 is 14.8 Å². The zero-order valence-electron chi connectivity index (χ0n) is 19.5. The van der Waals surface area contributed by atoms with Gasteiger partial charge in [-0.15, -0.1) is 0 Å². The minimum atomic E-state index is -3.70. The summed E-state index contributed by atoms with van der Waals surface area (Å²) in [6.07, 6.45) is 6.64. The molecule has 178 valence electrons. The van der Waals surface area contributed by atoms with Gasteiger partial charge in [0.25, 0.3) is 0 Å². The molecular formula is C25H30N6O2S. The zero-order chi connectivity index (χ0) is 23.7. The summed E-state index contributed by atoms with van der Waals surface area (Å²) < 4.78 is 29.3. The van der Waals surface area contributed by atoms with Crippen LogP contribution < -0.4 is 9.62 Å². The molecule has 9 heteroatoms. The van der Waals surface area contributed by atoms with E-state index in [2.05, 4.69) is 42.6 Å². The number of H-pyrrole nitrogens is 1. The quantitative estimate of drug-likeness (QED) is 0.585. The fourth-order valence-corrected chi connectivity index (χ4v) is 5.98. The Bertz CT molecular complexity index is 1290. The fourth-order valence-electron chi connectivity index (χ4n) is 4.66. The van der Waals surface area contributed by atoms with E-state index in [0.29, 0.717) is 5.82 Å². The van der Waals surface area contributed by atoms with Gasteiger partial charge in [0.2, 0.25) is 10.0 Å². The Kier molecular flexibility index (Phi) is 6.24. The number of hydrogen-bond acceptors (Lipinski definition) is 6. The third-order valence-corrected chi connectivity index (χ3v) is 8.07. The molecule has 0 aliphatic carbocycles. The monoisotopic (exact) mass is 478 g/mol. The van der Waals surface area contributed by atoms with Crippen molar-refractivity contribution in [3.63, 3.8) is 0 Å². The Morgan fingerprint density at radius 3 is 2.74 bits per heavy atom. The van der Waals surface area contributed by atoms with Crippen LogP contribution in [0.5, 0.6) is 0 Å². The second kappa shape index (κ2) is 9.32. The van der Waals surface area contributed by atoms with Crippen molar-refractivity contribution in [3.8, 4) is 11.1 Å². The molecule has 0 amide bonds. The van der Waals surface area contributed by atoms with E-state index in [1.165, 1.54) is 0 Å². The highest BCUT2D eigenvalue weighted by molar-refractivity contribution is 7.89. The zero-order valence-corrected chi connectivity index (χ0v) is 20.3. The molecule has 4 heterocycles. The Morgan fingerprint density at radius 1 is 1.09 bits per heavy atom. The molecule has 2 aliphatic heterocycles. The van der Waals surface area contributed by atoms with Gasteiger partial charge in [0.15, 0.2) is 0 Å². The van der Waals surface area contributed by atoms with Crippen molar-refractivity contribution in [1.82, 2.24) is 19.6 Å². The van der Waals surface area contributed by atoms with Gasteiger partial charge in [-0.25, -0.2) is 23.1 Å². The van der Waals surface area contributed by atoms with Gasteiger partial charge >= 0.3 is 0 Å². The lowest BCUT2D eigenvalue weighted by Crippen LogP contribution is -2.34. The number of sulfonamides is 1. The summed E-state index contributed by atoms with van der Waals surface area (Å²) in [5, 5.41) is 0. The molecule has 0 saturated carbocycles. The maximum atomic E-state index is 13.2. The molecule has 1 saturated heterocycles. The number of fused-ring (bicyclic) bond motifs is 1. The van der Waals surface area contributed by atoms with E-state index in [9.17, 15) is 8.42 Å². The van der Waals surface area contributed by atoms with Gasteiger partial charge in [0.1, 0.15) is 11.6 Å². The van der Waals surface area contributed by atoms with Crippen LogP contribution >= 0.6 is 0 Å². The number of hydrogen-bond donors (Lipinski definition) is 2. The van der Waals surface area contributed by atoms with Crippen molar-refractivity contribution in [2.75, 3.05) is 38.1 Å². The largest absolute Gasteiger partial charge is 0.355 e. The maximum absolute atomic E-state index is 13.2. The number of aliphatic imine (C=N–C) groups is 1. The fraction of sp³-hybridized carbons (Fsp3) is 0.360. The molecule has 2 aliphatic rings. The SMILES string of the molecule is CC1C=Nc2[nH]cc(-c3ccnc(N4CCCN(C)CC4)c3)c2C1NS(=O)(=O)c1ccccc1. The molecule has 2 unspecified atom stereocenters. The van der Waals surface area contributed by atoms with Crippen molar-refractivity contribution in [3.05, 3.63) is 60.4 Å². The predicted octanol–water partition coefficient (Wildman–Crippen LogP) is 3.59. The Labute approximate surface area is 200 Å². The highest BCUT2D eigenvalue weighted by Crippen LogP contribution is 2.42. The lowest BCUT2D eigenvalue weighted by molar-refractivity contribution is 0.360. The number of likely N-dealkylation sites (N-methyl/N-ethyl adjacent to an activating group) is 1. The summed E-state index contributed by atoms with van der Waals surface area (Å²) in [5.41, 5.74) is 2.80. The van der Waals surface area contributed by atoms with Crippen LogP contribution in [-0.4, -0.2) is 62.7 Å². The number of aromatic nitrogens is 2. The van der Waals surface area contributed by atoms with Crippen LogP contribution in [0.25, 0.3) is 11.1 Å².